The molecule has 1 aromatic heterocycles. The molecule has 1 aliphatic rings. The van der Waals surface area contributed by atoms with Gasteiger partial charge in [-0.15, -0.1) is 10.2 Å². The van der Waals surface area contributed by atoms with Crippen molar-refractivity contribution in [2.24, 2.45) is 0 Å². The first kappa shape index (κ1) is 12.6. The molecule has 0 fully saturated rings. The molecule has 0 atom stereocenters. The highest BCUT2D eigenvalue weighted by Gasteiger charge is 2.21. The summed E-state index contributed by atoms with van der Waals surface area (Å²) >= 11 is 0. The number of nitrogens with zero attached hydrogens (tertiary/aromatic N) is 3. The molecule has 0 radical (unpaired) electrons. The van der Waals surface area contributed by atoms with Crippen molar-refractivity contribution >= 4 is 17.4 Å². The number of fused-ring (bicyclic) bond motifs is 1. The molecular formula is C15H16N4O. The summed E-state index contributed by atoms with van der Waals surface area (Å²) in [5.74, 6) is 0.917. The lowest BCUT2D eigenvalue weighted by molar-refractivity contribution is -0.118. The lowest BCUT2D eigenvalue weighted by atomic mass is 9.98. The van der Waals surface area contributed by atoms with E-state index in [1.807, 2.05) is 38.4 Å². The van der Waals surface area contributed by atoms with Crippen LogP contribution in [0.3, 0.4) is 0 Å². The normalized spacial score (nSPS) is 14.1. The number of hydrogen-bond donors (Lipinski definition) is 1. The van der Waals surface area contributed by atoms with Gasteiger partial charge in [0, 0.05) is 31.8 Å². The number of aryl methyl sites for hydroxylation is 1. The number of hydrogen-bond acceptors (Lipinski definition) is 4. The maximum Gasteiger partial charge on any atom is 0.227 e. The van der Waals surface area contributed by atoms with Gasteiger partial charge in [0.2, 0.25) is 5.91 Å². The van der Waals surface area contributed by atoms with Crippen LogP contribution in [0, 0.1) is 0 Å². The fourth-order valence-electron chi connectivity index (χ4n) is 2.44. The van der Waals surface area contributed by atoms with Gasteiger partial charge in [0.05, 0.1) is 5.69 Å². The summed E-state index contributed by atoms with van der Waals surface area (Å²) in [6.45, 7) is 0. The molecule has 2 aromatic rings. The number of anilines is 2. The number of amides is 1. The van der Waals surface area contributed by atoms with Crippen LogP contribution in [-0.2, 0) is 11.2 Å². The summed E-state index contributed by atoms with van der Waals surface area (Å²) in [5, 5.41) is 11.2. The van der Waals surface area contributed by atoms with Crippen molar-refractivity contribution in [2.75, 3.05) is 24.3 Å². The predicted molar refractivity (Wildman–Crippen MR) is 78.7 cm³/mol. The lowest BCUT2D eigenvalue weighted by Gasteiger charge is -2.26. The second-order valence-corrected chi connectivity index (χ2v) is 4.85. The fourth-order valence-corrected chi connectivity index (χ4v) is 2.44. The van der Waals surface area contributed by atoms with Crippen LogP contribution in [-0.4, -0.2) is 30.2 Å². The summed E-state index contributed by atoms with van der Waals surface area (Å²) in [7, 11) is 3.64. The number of carbonyl (C=O) groups is 1. The Balaban J connectivity index is 1.97. The van der Waals surface area contributed by atoms with Gasteiger partial charge in [0.1, 0.15) is 5.82 Å². The molecule has 5 nitrogen and oxygen atoms in total. The van der Waals surface area contributed by atoms with Crippen LogP contribution in [0.5, 0.6) is 0 Å². The average Bonchev–Trinajstić information content (AvgIpc) is 2.51. The maximum atomic E-state index is 11.7. The molecule has 1 amide bonds. The van der Waals surface area contributed by atoms with E-state index in [1.165, 1.54) is 5.56 Å². The quantitative estimate of drug-likeness (QED) is 0.906. The lowest BCUT2D eigenvalue weighted by Crippen LogP contribution is -2.30. The smallest absolute Gasteiger partial charge is 0.227 e. The summed E-state index contributed by atoms with van der Waals surface area (Å²) in [6, 6.07) is 9.91. The van der Waals surface area contributed by atoms with Crippen molar-refractivity contribution in [1.82, 2.24) is 10.2 Å². The van der Waals surface area contributed by atoms with Crippen LogP contribution < -0.4 is 10.2 Å². The maximum absolute atomic E-state index is 11.7. The van der Waals surface area contributed by atoms with E-state index >= 15 is 0 Å². The van der Waals surface area contributed by atoms with Gasteiger partial charge in [-0.3, -0.25) is 4.79 Å². The van der Waals surface area contributed by atoms with Crippen LogP contribution in [0.4, 0.5) is 11.5 Å². The van der Waals surface area contributed by atoms with Gasteiger partial charge in [-0.25, -0.2) is 0 Å². The zero-order valence-corrected chi connectivity index (χ0v) is 11.6. The standard InChI is InChI=1S/C15H16N4O/c1-16-14-7-5-12(17-18-14)10-3-6-13-11(9-10)4-8-15(20)19(13)2/h3,5-7,9H,4,8H2,1-2H3,(H,16,18). The van der Waals surface area contributed by atoms with E-state index in [9.17, 15) is 4.79 Å². The molecule has 2 heterocycles. The minimum atomic E-state index is 0.170. The molecular weight excluding hydrogens is 252 g/mol. The Kier molecular flexibility index (Phi) is 3.10. The molecule has 0 spiro atoms. The van der Waals surface area contributed by atoms with Crippen molar-refractivity contribution < 1.29 is 4.79 Å². The Morgan fingerprint density at radius 2 is 2.00 bits per heavy atom. The molecule has 0 saturated heterocycles. The van der Waals surface area contributed by atoms with Gasteiger partial charge in [0.25, 0.3) is 0 Å². The Hall–Kier alpha value is -2.43. The van der Waals surface area contributed by atoms with Crippen molar-refractivity contribution in [1.29, 1.82) is 0 Å². The number of aromatic nitrogens is 2. The first-order valence-corrected chi connectivity index (χ1v) is 6.60. The molecule has 102 valence electrons. The fraction of sp³-hybridized carbons (Fsp3) is 0.267. The summed E-state index contributed by atoms with van der Waals surface area (Å²) in [5.41, 5.74) is 4.04. The van der Waals surface area contributed by atoms with Crippen LogP contribution in [0.25, 0.3) is 11.3 Å². The van der Waals surface area contributed by atoms with E-state index in [0.29, 0.717) is 6.42 Å². The van der Waals surface area contributed by atoms with Gasteiger partial charge in [-0.2, -0.15) is 0 Å². The Bertz CT molecular complexity index is 651. The van der Waals surface area contributed by atoms with Gasteiger partial charge >= 0.3 is 0 Å². The Morgan fingerprint density at radius 1 is 1.15 bits per heavy atom. The van der Waals surface area contributed by atoms with Gasteiger partial charge in [-0.1, -0.05) is 6.07 Å². The van der Waals surface area contributed by atoms with Gasteiger partial charge in [0.15, 0.2) is 0 Å². The summed E-state index contributed by atoms with van der Waals surface area (Å²) in [4.78, 5) is 13.4. The summed E-state index contributed by atoms with van der Waals surface area (Å²) in [6.07, 6.45) is 1.35. The van der Waals surface area contributed by atoms with Gasteiger partial charge in [-0.05, 0) is 36.2 Å². The zero-order valence-electron chi connectivity index (χ0n) is 11.6. The Morgan fingerprint density at radius 3 is 2.70 bits per heavy atom. The monoisotopic (exact) mass is 268 g/mol. The van der Waals surface area contributed by atoms with E-state index in [2.05, 4.69) is 21.6 Å². The second kappa shape index (κ2) is 4.92. The predicted octanol–water partition coefficient (Wildman–Crippen LogP) is 2.09. The van der Waals surface area contributed by atoms with Crippen molar-refractivity contribution in [3.05, 3.63) is 35.9 Å². The third-order valence-electron chi connectivity index (χ3n) is 3.64. The number of nitrogens with one attached hydrogen (secondary N) is 1. The molecule has 3 rings (SSSR count). The molecule has 1 aliphatic heterocycles. The molecule has 1 N–H and O–H groups in total. The third-order valence-corrected chi connectivity index (χ3v) is 3.64. The second-order valence-electron chi connectivity index (χ2n) is 4.85. The molecule has 0 unspecified atom stereocenters. The highest BCUT2D eigenvalue weighted by atomic mass is 16.2. The number of rotatable bonds is 2. The van der Waals surface area contributed by atoms with Crippen LogP contribution in [0.1, 0.15) is 12.0 Å². The van der Waals surface area contributed by atoms with E-state index in [1.54, 1.807) is 4.90 Å². The van der Waals surface area contributed by atoms with E-state index in [4.69, 9.17) is 0 Å². The van der Waals surface area contributed by atoms with E-state index in [-0.39, 0.29) is 5.91 Å². The van der Waals surface area contributed by atoms with Crippen LogP contribution >= 0.6 is 0 Å². The SMILES string of the molecule is CNc1ccc(-c2ccc3c(c2)CCC(=O)N3C)nn1. The topological polar surface area (TPSA) is 58.1 Å². The highest BCUT2D eigenvalue weighted by Crippen LogP contribution is 2.30. The molecule has 5 heteroatoms. The van der Waals surface area contributed by atoms with E-state index < -0.39 is 0 Å². The third kappa shape index (κ3) is 2.11. The Labute approximate surface area is 117 Å². The molecule has 20 heavy (non-hydrogen) atoms. The molecule has 0 bridgehead atoms. The minimum Gasteiger partial charge on any atom is -0.372 e. The number of carbonyl (C=O) groups excluding carboxylic acids is 1. The molecule has 0 aliphatic carbocycles. The molecule has 0 saturated carbocycles. The molecule has 1 aromatic carbocycles. The number of benzene rings is 1. The van der Waals surface area contributed by atoms with Crippen LogP contribution in [0.2, 0.25) is 0 Å². The highest BCUT2D eigenvalue weighted by molar-refractivity contribution is 5.96. The van der Waals surface area contributed by atoms with Gasteiger partial charge < -0.3 is 10.2 Å². The minimum absolute atomic E-state index is 0.170. The first-order chi connectivity index (χ1) is 9.69. The van der Waals surface area contributed by atoms with E-state index in [0.717, 1.165) is 29.2 Å². The van der Waals surface area contributed by atoms with Crippen molar-refractivity contribution in [2.45, 2.75) is 12.8 Å². The van der Waals surface area contributed by atoms with Crippen LogP contribution in [0.15, 0.2) is 30.3 Å². The van der Waals surface area contributed by atoms with Crippen molar-refractivity contribution in [3.63, 3.8) is 0 Å². The van der Waals surface area contributed by atoms with Crippen molar-refractivity contribution in [3.8, 4) is 11.3 Å². The average molecular weight is 268 g/mol. The summed E-state index contributed by atoms with van der Waals surface area (Å²) < 4.78 is 0. The largest absolute Gasteiger partial charge is 0.372 e. The first-order valence-electron chi connectivity index (χ1n) is 6.60. The zero-order chi connectivity index (χ0) is 14.1.